The summed E-state index contributed by atoms with van der Waals surface area (Å²) in [5, 5.41) is 2.61. The van der Waals surface area contributed by atoms with E-state index in [1.807, 2.05) is 30.5 Å². The first-order valence-corrected chi connectivity index (χ1v) is 10.2. The maximum absolute atomic E-state index is 14.0. The second kappa shape index (κ2) is 8.26. The topological polar surface area (TPSA) is 67.8 Å². The van der Waals surface area contributed by atoms with Crippen LogP contribution in [0.15, 0.2) is 67.1 Å². The Morgan fingerprint density at radius 1 is 0.938 bits per heavy atom. The van der Waals surface area contributed by atoms with Crippen LogP contribution in [0.4, 0.5) is 14.5 Å². The smallest absolute Gasteiger partial charge is 0.261 e. The van der Waals surface area contributed by atoms with Gasteiger partial charge < -0.3 is 5.32 Å². The van der Waals surface area contributed by atoms with Gasteiger partial charge in [0, 0.05) is 35.4 Å². The van der Waals surface area contributed by atoms with E-state index in [1.165, 1.54) is 6.07 Å². The van der Waals surface area contributed by atoms with Crippen LogP contribution in [0, 0.1) is 11.6 Å². The Hall–Kier alpha value is -4.00. The molecule has 158 valence electrons. The molecule has 0 saturated carbocycles. The SMILES string of the molecule is O=C(Nc1ccc2c(c1)CCCc1cnc(-c3cccnc3)nc1-2)c1c(F)cccc1F. The molecule has 2 heterocycles. The fourth-order valence-corrected chi connectivity index (χ4v) is 3.94. The first-order chi connectivity index (χ1) is 15.6. The predicted molar refractivity (Wildman–Crippen MR) is 117 cm³/mol. The summed E-state index contributed by atoms with van der Waals surface area (Å²) in [4.78, 5) is 25.9. The Bertz CT molecular complexity index is 1300. The molecule has 0 bridgehead atoms. The standard InChI is InChI=1S/C25H18F2N4O/c26-20-7-2-8-21(27)22(20)25(32)30-18-9-10-19-15(12-18)4-1-5-16-14-29-24(31-23(16)19)17-6-3-11-28-13-17/h2-3,6-14H,1,4-5H2,(H,30,32). The maximum Gasteiger partial charge on any atom is 0.261 e. The van der Waals surface area contributed by atoms with Crippen molar-refractivity contribution in [3.63, 3.8) is 0 Å². The van der Waals surface area contributed by atoms with Crippen molar-refractivity contribution in [2.24, 2.45) is 0 Å². The molecule has 5 rings (SSSR count). The predicted octanol–water partition coefficient (Wildman–Crippen LogP) is 5.22. The lowest BCUT2D eigenvalue weighted by molar-refractivity contribution is 0.101. The Balaban J connectivity index is 1.50. The van der Waals surface area contributed by atoms with E-state index in [-0.39, 0.29) is 0 Å². The molecule has 0 fully saturated rings. The minimum atomic E-state index is -0.897. The van der Waals surface area contributed by atoms with Gasteiger partial charge in [0.15, 0.2) is 5.82 Å². The lowest BCUT2D eigenvalue weighted by Crippen LogP contribution is -2.16. The number of nitrogens with zero attached hydrogens (tertiary/aromatic N) is 3. The zero-order valence-electron chi connectivity index (χ0n) is 17.0. The van der Waals surface area contributed by atoms with Crippen LogP contribution < -0.4 is 5.32 Å². The summed E-state index contributed by atoms with van der Waals surface area (Å²) in [6.45, 7) is 0. The van der Waals surface area contributed by atoms with Crippen LogP contribution in [0.3, 0.4) is 0 Å². The molecule has 2 aromatic carbocycles. The van der Waals surface area contributed by atoms with Crippen LogP contribution in [0.5, 0.6) is 0 Å². The molecule has 0 radical (unpaired) electrons. The van der Waals surface area contributed by atoms with E-state index in [0.717, 1.165) is 59.3 Å². The molecule has 5 nitrogen and oxygen atoms in total. The Labute approximate surface area is 183 Å². The van der Waals surface area contributed by atoms with Crippen LogP contribution >= 0.6 is 0 Å². The van der Waals surface area contributed by atoms with Gasteiger partial charge in [0.25, 0.3) is 5.91 Å². The molecular formula is C25H18F2N4O. The average Bonchev–Trinajstić information content (AvgIpc) is 2.98. The molecule has 1 aliphatic carbocycles. The Morgan fingerprint density at radius 3 is 2.53 bits per heavy atom. The number of anilines is 1. The summed E-state index contributed by atoms with van der Waals surface area (Å²) in [5.41, 5.74) is 4.58. The lowest BCUT2D eigenvalue weighted by atomic mass is 10.0. The quantitative estimate of drug-likeness (QED) is 0.486. The van der Waals surface area contributed by atoms with E-state index >= 15 is 0 Å². The van der Waals surface area contributed by atoms with Gasteiger partial charge in [-0.1, -0.05) is 12.1 Å². The number of carbonyl (C=O) groups excluding carboxylic acids is 1. The van der Waals surface area contributed by atoms with Gasteiger partial charge in [0.1, 0.15) is 17.2 Å². The highest BCUT2D eigenvalue weighted by Gasteiger charge is 2.20. The summed E-state index contributed by atoms with van der Waals surface area (Å²) in [5.74, 6) is -2.02. The van der Waals surface area contributed by atoms with E-state index in [1.54, 1.807) is 18.5 Å². The van der Waals surface area contributed by atoms with Gasteiger partial charge in [-0.05, 0) is 66.8 Å². The molecule has 1 aliphatic rings. The van der Waals surface area contributed by atoms with Crippen LogP contribution in [0.1, 0.15) is 27.9 Å². The molecule has 32 heavy (non-hydrogen) atoms. The summed E-state index contributed by atoms with van der Waals surface area (Å²) < 4.78 is 27.9. The number of amides is 1. The molecule has 0 spiro atoms. The number of rotatable bonds is 3. The number of pyridine rings is 1. The summed E-state index contributed by atoms with van der Waals surface area (Å²) in [6, 6.07) is 12.5. The normalized spacial score (nSPS) is 12.4. The number of aryl methyl sites for hydroxylation is 2. The fourth-order valence-electron chi connectivity index (χ4n) is 3.94. The van der Waals surface area contributed by atoms with Crippen molar-refractivity contribution in [2.45, 2.75) is 19.3 Å². The third kappa shape index (κ3) is 3.73. The molecule has 0 atom stereocenters. The van der Waals surface area contributed by atoms with Gasteiger partial charge in [0.2, 0.25) is 0 Å². The average molecular weight is 428 g/mol. The third-order valence-corrected chi connectivity index (χ3v) is 5.48. The van der Waals surface area contributed by atoms with Gasteiger partial charge in [-0.2, -0.15) is 0 Å². The van der Waals surface area contributed by atoms with Gasteiger partial charge in [0.05, 0.1) is 5.69 Å². The molecule has 0 saturated heterocycles. The van der Waals surface area contributed by atoms with Crippen LogP contribution in [0.2, 0.25) is 0 Å². The molecule has 0 aliphatic heterocycles. The summed E-state index contributed by atoms with van der Waals surface area (Å²) in [7, 11) is 0. The zero-order valence-corrected chi connectivity index (χ0v) is 17.0. The van der Waals surface area contributed by atoms with Crippen molar-refractivity contribution in [1.29, 1.82) is 0 Å². The molecular weight excluding hydrogens is 410 g/mol. The highest BCUT2D eigenvalue weighted by atomic mass is 19.1. The number of carbonyl (C=O) groups is 1. The van der Waals surface area contributed by atoms with Crippen molar-refractivity contribution >= 4 is 11.6 Å². The maximum atomic E-state index is 14.0. The van der Waals surface area contributed by atoms with E-state index in [9.17, 15) is 13.6 Å². The van der Waals surface area contributed by atoms with Crippen LogP contribution in [0.25, 0.3) is 22.6 Å². The highest BCUT2D eigenvalue weighted by Crippen LogP contribution is 2.33. The number of benzene rings is 2. The Morgan fingerprint density at radius 2 is 1.75 bits per heavy atom. The van der Waals surface area contributed by atoms with E-state index < -0.39 is 23.1 Å². The zero-order chi connectivity index (χ0) is 22.1. The Kier molecular flexibility index (Phi) is 5.15. The first kappa shape index (κ1) is 19.9. The molecule has 7 heteroatoms. The van der Waals surface area contributed by atoms with Gasteiger partial charge in [-0.25, -0.2) is 18.7 Å². The van der Waals surface area contributed by atoms with Crippen LogP contribution in [-0.4, -0.2) is 20.9 Å². The fraction of sp³-hybridized carbons (Fsp3) is 0.120. The van der Waals surface area contributed by atoms with E-state index in [4.69, 9.17) is 4.98 Å². The van der Waals surface area contributed by atoms with E-state index in [2.05, 4.69) is 15.3 Å². The van der Waals surface area contributed by atoms with Crippen molar-refractivity contribution in [2.75, 3.05) is 5.32 Å². The van der Waals surface area contributed by atoms with Crippen LogP contribution in [-0.2, 0) is 12.8 Å². The van der Waals surface area contributed by atoms with Gasteiger partial charge in [-0.15, -0.1) is 0 Å². The van der Waals surface area contributed by atoms with Crippen molar-refractivity contribution in [1.82, 2.24) is 15.0 Å². The number of aromatic nitrogens is 3. The number of nitrogens with one attached hydrogen (secondary N) is 1. The van der Waals surface area contributed by atoms with Crippen molar-refractivity contribution < 1.29 is 13.6 Å². The second-order valence-corrected chi connectivity index (χ2v) is 7.59. The number of hydrogen-bond donors (Lipinski definition) is 1. The molecule has 4 aromatic rings. The summed E-state index contributed by atoms with van der Waals surface area (Å²) in [6.07, 6.45) is 7.79. The van der Waals surface area contributed by atoms with Crippen molar-refractivity contribution in [3.8, 4) is 22.6 Å². The van der Waals surface area contributed by atoms with Crippen molar-refractivity contribution in [3.05, 3.63) is 95.4 Å². The molecule has 1 amide bonds. The number of hydrogen-bond acceptors (Lipinski definition) is 4. The first-order valence-electron chi connectivity index (χ1n) is 10.2. The monoisotopic (exact) mass is 428 g/mol. The van der Waals surface area contributed by atoms with E-state index in [0.29, 0.717) is 11.5 Å². The molecule has 2 aromatic heterocycles. The summed E-state index contributed by atoms with van der Waals surface area (Å²) >= 11 is 0. The largest absolute Gasteiger partial charge is 0.322 e. The highest BCUT2D eigenvalue weighted by molar-refractivity contribution is 6.04. The van der Waals surface area contributed by atoms with Gasteiger partial charge in [-0.3, -0.25) is 9.78 Å². The second-order valence-electron chi connectivity index (χ2n) is 7.59. The van der Waals surface area contributed by atoms with Gasteiger partial charge >= 0.3 is 0 Å². The molecule has 0 unspecified atom stereocenters. The third-order valence-electron chi connectivity index (χ3n) is 5.48. The number of fused-ring (bicyclic) bond motifs is 3. The molecule has 1 N–H and O–H groups in total. The minimum Gasteiger partial charge on any atom is -0.322 e. The minimum absolute atomic E-state index is 0.474. The number of halogens is 2. The lowest BCUT2D eigenvalue weighted by Gasteiger charge is -2.13.